The van der Waals surface area contributed by atoms with Crippen molar-refractivity contribution in [3.8, 4) is 0 Å². The molecule has 0 saturated carbocycles. The summed E-state index contributed by atoms with van der Waals surface area (Å²) in [4.78, 5) is 5.30. The smallest absolute Gasteiger partial charge is 0.00217 e. The minimum atomic E-state index is 0.894. The molecule has 3 heteroatoms. The van der Waals surface area contributed by atoms with E-state index in [1.807, 2.05) is 0 Å². The van der Waals surface area contributed by atoms with Gasteiger partial charge in [0.05, 0.1) is 0 Å². The van der Waals surface area contributed by atoms with Crippen LogP contribution in [0.15, 0.2) is 0 Å². The van der Waals surface area contributed by atoms with E-state index < -0.39 is 0 Å². The maximum Gasteiger partial charge on any atom is 0.00217 e. The van der Waals surface area contributed by atoms with E-state index in [1.54, 1.807) is 0 Å². The molecular formula is C15H31N3. The molecule has 1 N–H and O–H groups in total. The first-order valence-corrected chi connectivity index (χ1v) is 8.04. The highest BCUT2D eigenvalue weighted by molar-refractivity contribution is 4.73. The van der Waals surface area contributed by atoms with E-state index in [9.17, 15) is 0 Å². The number of rotatable bonds is 7. The molecule has 0 amide bonds. The van der Waals surface area contributed by atoms with Gasteiger partial charge < -0.3 is 15.1 Å². The second-order valence-corrected chi connectivity index (χ2v) is 6.01. The van der Waals surface area contributed by atoms with E-state index in [2.05, 4.69) is 22.0 Å². The van der Waals surface area contributed by atoms with Crippen molar-refractivity contribution in [2.24, 2.45) is 5.92 Å². The minimum Gasteiger partial charge on any atom is -0.316 e. The third kappa shape index (κ3) is 4.87. The molecule has 2 saturated heterocycles. The van der Waals surface area contributed by atoms with Crippen molar-refractivity contribution < 1.29 is 0 Å². The average molecular weight is 253 g/mol. The summed E-state index contributed by atoms with van der Waals surface area (Å²) in [5, 5.41) is 3.53. The summed E-state index contributed by atoms with van der Waals surface area (Å²) < 4.78 is 0. The standard InChI is InChI=1S/C15H31N3/c1-2-17(14-15-7-5-8-16-13-15)11-6-12-18-9-3-4-10-18/h15-16H,2-14H2,1H3. The van der Waals surface area contributed by atoms with Crippen LogP contribution in [0.1, 0.15) is 39.0 Å². The largest absolute Gasteiger partial charge is 0.316 e. The fourth-order valence-corrected chi connectivity index (χ4v) is 3.35. The number of piperidine rings is 1. The summed E-state index contributed by atoms with van der Waals surface area (Å²) in [6, 6.07) is 0. The van der Waals surface area contributed by atoms with Gasteiger partial charge in [-0.2, -0.15) is 0 Å². The van der Waals surface area contributed by atoms with Gasteiger partial charge >= 0.3 is 0 Å². The van der Waals surface area contributed by atoms with Gasteiger partial charge in [0.15, 0.2) is 0 Å². The van der Waals surface area contributed by atoms with Gasteiger partial charge in [0.2, 0.25) is 0 Å². The van der Waals surface area contributed by atoms with Crippen LogP contribution in [0.2, 0.25) is 0 Å². The van der Waals surface area contributed by atoms with Crippen LogP contribution in [0.3, 0.4) is 0 Å². The summed E-state index contributed by atoms with van der Waals surface area (Å²) in [6.07, 6.45) is 7.00. The Bertz CT molecular complexity index is 208. The number of nitrogens with zero attached hydrogens (tertiary/aromatic N) is 2. The molecule has 106 valence electrons. The molecule has 0 bridgehead atoms. The molecule has 2 fully saturated rings. The van der Waals surface area contributed by atoms with Gasteiger partial charge in [0.1, 0.15) is 0 Å². The molecule has 0 aromatic rings. The second kappa shape index (κ2) is 8.13. The molecule has 1 unspecified atom stereocenters. The maximum absolute atomic E-state index is 3.53. The van der Waals surface area contributed by atoms with Crippen molar-refractivity contribution in [2.75, 3.05) is 52.4 Å². The van der Waals surface area contributed by atoms with Gasteiger partial charge in [0.25, 0.3) is 0 Å². The predicted molar refractivity (Wildman–Crippen MR) is 78.0 cm³/mol. The molecule has 0 aromatic heterocycles. The van der Waals surface area contributed by atoms with Crippen LogP contribution in [0.25, 0.3) is 0 Å². The molecule has 0 aliphatic carbocycles. The molecule has 0 aromatic carbocycles. The highest BCUT2D eigenvalue weighted by Crippen LogP contribution is 2.12. The quantitative estimate of drug-likeness (QED) is 0.746. The molecule has 0 spiro atoms. The number of nitrogens with one attached hydrogen (secondary N) is 1. The highest BCUT2D eigenvalue weighted by Gasteiger charge is 2.16. The molecule has 2 aliphatic rings. The topological polar surface area (TPSA) is 18.5 Å². The predicted octanol–water partition coefficient (Wildman–Crippen LogP) is 1.79. The zero-order chi connectivity index (χ0) is 12.6. The fourth-order valence-electron chi connectivity index (χ4n) is 3.35. The van der Waals surface area contributed by atoms with Gasteiger partial charge in [-0.3, -0.25) is 0 Å². The van der Waals surface area contributed by atoms with Crippen molar-refractivity contribution in [2.45, 2.75) is 39.0 Å². The Hall–Kier alpha value is -0.120. The summed E-state index contributed by atoms with van der Waals surface area (Å²) in [7, 11) is 0. The highest BCUT2D eigenvalue weighted by atomic mass is 15.2. The van der Waals surface area contributed by atoms with E-state index >= 15 is 0 Å². The summed E-state index contributed by atoms with van der Waals surface area (Å²) >= 11 is 0. The van der Waals surface area contributed by atoms with E-state index in [4.69, 9.17) is 0 Å². The maximum atomic E-state index is 3.53. The Labute approximate surface area is 113 Å². The zero-order valence-corrected chi connectivity index (χ0v) is 12.2. The zero-order valence-electron chi connectivity index (χ0n) is 12.2. The lowest BCUT2D eigenvalue weighted by atomic mass is 9.99. The van der Waals surface area contributed by atoms with Crippen molar-refractivity contribution in [3.63, 3.8) is 0 Å². The van der Waals surface area contributed by atoms with Gasteiger partial charge in [-0.25, -0.2) is 0 Å². The van der Waals surface area contributed by atoms with Crippen LogP contribution in [0.5, 0.6) is 0 Å². The fraction of sp³-hybridized carbons (Fsp3) is 1.00. The molecule has 3 nitrogen and oxygen atoms in total. The Morgan fingerprint density at radius 3 is 2.72 bits per heavy atom. The van der Waals surface area contributed by atoms with E-state index in [1.165, 1.54) is 84.5 Å². The Morgan fingerprint density at radius 1 is 1.22 bits per heavy atom. The van der Waals surface area contributed by atoms with Crippen molar-refractivity contribution in [3.05, 3.63) is 0 Å². The SMILES string of the molecule is CCN(CCCN1CCCC1)CC1CCCNC1. The van der Waals surface area contributed by atoms with Crippen LogP contribution in [0.4, 0.5) is 0 Å². The molecule has 0 radical (unpaired) electrons. The normalized spacial score (nSPS) is 26.0. The van der Waals surface area contributed by atoms with Crippen molar-refractivity contribution in [1.29, 1.82) is 0 Å². The Morgan fingerprint density at radius 2 is 2.06 bits per heavy atom. The second-order valence-electron chi connectivity index (χ2n) is 6.01. The van der Waals surface area contributed by atoms with Gasteiger partial charge in [-0.05, 0) is 83.8 Å². The van der Waals surface area contributed by atoms with Crippen LogP contribution in [-0.2, 0) is 0 Å². The van der Waals surface area contributed by atoms with Crippen LogP contribution in [-0.4, -0.2) is 62.2 Å². The van der Waals surface area contributed by atoms with E-state index in [-0.39, 0.29) is 0 Å². The summed E-state index contributed by atoms with van der Waals surface area (Å²) in [5.74, 6) is 0.894. The van der Waals surface area contributed by atoms with Gasteiger partial charge in [-0.1, -0.05) is 6.92 Å². The lowest BCUT2D eigenvalue weighted by Gasteiger charge is -2.29. The Kier molecular flexibility index (Phi) is 6.46. The van der Waals surface area contributed by atoms with E-state index in [0.29, 0.717) is 0 Å². The van der Waals surface area contributed by atoms with Crippen LogP contribution in [0, 0.1) is 5.92 Å². The third-order valence-corrected chi connectivity index (χ3v) is 4.51. The van der Waals surface area contributed by atoms with Gasteiger partial charge in [-0.15, -0.1) is 0 Å². The van der Waals surface area contributed by atoms with Crippen molar-refractivity contribution in [1.82, 2.24) is 15.1 Å². The van der Waals surface area contributed by atoms with Crippen molar-refractivity contribution >= 4 is 0 Å². The number of hydrogen-bond donors (Lipinski definition) is 1. The number of likely N-dealkylation sites (tertiary alicyclic amines) is 1. The molecule has 2 rings (SSSR count). The molecule has 2 heterocycles. The summed E-state index contributed by atoms with van der Waals surface area (Å²) in [5.41, 5.74) is 0. The lowest BCUT2D eigenvalue weighted by Crippen LogP contribution is -2.39. The minimum absolute atomic E-state index is 0.894. The first-order chi connectivity index (χ1) is 8.88. The van der Waals surface area contributed by atoms with Crippen LogP contribution >= 0.6 is 0 Å². The molecule has 18 heavy (non-hydrogen) atoms. The molecular weight excluding hydrogens is 222 g/mol. The van der Waals surface area contributed by atoms with E-state index in [0.717, 1.165) is 5.92 Å². The monoisotopic (exact) mass is 253 g/mol. The van der Waals surface area contributed by atoms with Gasteiger partial charge in [0, 0.05) is 6.54 Å². The lowest BCUT2D eigenvalue weighted by molar-refractivity contribution is 0.203. The first kappa shape index (κ1) is 14.3. The summed E-state index contributed by atoms with van der Waals surface area (Å²) in [6.45, 7) is 12.6. The molecule has 1 atom stereocenters. The average Bonchev–Trinajstić information content (AvgIpc) is 2.92. The third-order valence-electron chi connectivity index (χ3n) is 4.51. The molecule has 2 aliphatic heterocycles. The first-order valence-electron chi connectivity index (χ1n) is 8.04. The van der Waals surface area contributed by atoms with Crippen LogP contribution < -0.4 is 5.32 Å². The Balaban J connectivity index is 1.58. The number of hydrogen-bond acceptors (Lipinski definition) is 3.